The summed E-state index contributed by atoms with van der Waals surface area (Å²) in [7, 11) is -4.09. The number of amides is 1. The van der Waals surface area contributed by atoms with E-state index in [0.29, 0.717) is 17.4 Å². The molecule has 1 N–H and O–H groups in total. The van der Waals surface area contributed by atoms with Crippen molar-refractivity contribution in [1.82, 2.24) is 5.32 Å². The molecule has 1 unspecified atom stereocenters. The number of nitrogens with zero attached hydrogens (tertiary/aromatic N) is 1. The minimum absolute atomic E-state index is 0.0261. The fourth-order valence-corrected chi connectivity index (χ4v) is 5.07. The molecule has 0 heterocycles. The second kappa shape index (κ2) is 10.9. The molecule has 0 saturated carbocycles. The van der Waals surface area contributed by atoms with E-state index in [1.165, 1.54) is 24.3 Å². The maximum Gasteiger partial charge on any atom is 0.264 e. The number of aryl methyl sites for hydroxylation is 2. The van der Waals surface area contributed by atoms with E-state index in [1.807, 2.05) is 45.9 Å². The molecule has 1 amide bonds. The van der Waals surface area contributed by atoms with Gasteiger partial charge in [-0.05, 0) is 80.8 Å². The van der Waals surface area contributed by atoms with Crippen LogP contribution in [-0.4, -0.2) is 27.5 Å². The Hall–Kier alpha value is -3.03. The van der Waals surface area contributed by atoms with E-state index in [-0.39, 0.29) is 16.6 Å². The first-order chi connectivity index (χ1) is 16.1. The van der Waals surface area contributed by atoms with Gasteiger partial charge in [0.15, 0.2) is 0 Å². The summed E-state index contributed by atoms with van der Waals surface area (Å²) in [6.07, 6.45) is 0. The summed E-state index contributed by atoms with van der Waals surface area (Å²) in [4.78, 5) is 13.1. The maximum absolute atomic E-state index is 13.6. The largest absolute Gasteiger partial charge is 0.492 e. The molecule has 3 aromatic rings. The highest BCUT2D eigenvalue weighted by Gasteiger charge is 2.30. The summed E-state index contributed by atoms with van der Waals surface area (Å²) in [5.41, 5.74) is 3.51. The Kier molecular flexibility index (Phi) is 8.23. The van der Waals surface area contributed by atoms with Gasteiger partial charge in [0.05, 0.1) is 23.2 Å². The highest BCUT2D eigenvalue weighted by Crippen LogP contribution is 2.33. The number of benzene rings is 3. The van der Waals surface area contributed by atoms with Crippen molar-refractivity contribution in [2.75, 3.05) is 17.5 Å². The minimum Gasteiger partial charge on any atom is -0.492 e. The second-order valence-corrected chi connectivity index (χ2v) is 10.3. The Morgan fingerprint density at radius 2 is 1.71 bits per heavy atom. The number of sulfonamides is 1. The van der Waals surface area contributed by atoms with Crippen molar-refractivity contribution in [2.24, 2.45) is 0 Å². The van der Waals surface area contributed by atoms with Crippen LogP contribution in [0.15, 0.2) is 71.6 Å². The SMILES string of the molecule is CCOc1ccccc1N(CC(=O)NC(C)c1ccc(C)c(C)c1)S(=O)(=O)c1ccc(Cl)cc1. The zero-order chi connectivity index (χ0) is 24.9. The molecule has 0 aromatic heterocycles. The Morgan fingerprint density at radius 3 is 2.35 bits per heavy atom. The molecule has 0 aliphatic rings. The second-order valence-electron chi connectivity index (χ2n) is 8.00. The third-order valence-electron chi connectivity index (χ3n) is 5.53. The lowest BCUT2D eigenvalue weighted by atomic mass is 10.0. The average molecular weight is 501 g/mol. The monoisotopic (exact) mass is 500 g/mol. The summed E-state index contributed by atoms with van der Waals surface area (Å²) in [5.74, 6) is -0.0629. The van der Waals surface area contributed by atoms with E-state index in [1.54, 1.807) is 24.3 Å². The quantitative estimate of drug-likeness (QED) is 0.425. The molecule has 6 nitrogen and oxygen atoms in total. The Morgan fingerprint density at radius 1 is 1.03 bits per heavy atom. The van der Waals surface area contributed by atoms with Crippen LogP contribution in [-0.2, 0) is 14.8 Å². The first-order valence-electron chi connectivity index (χ1n) is 11.0. The van der Waals surface area contributed by atoms with Crippen molar-refractivity contribution in [3.63, 3.8) is 0 Å². The standard InChI is InChI=1S/C26H29ClN2O4S/c1-5-33-25-9-7-6-8-24(25)29(34(31,32)23-14-12-22(27)13-15-23)17-26(30)28-20(4)21-11-10-18(2)19(3)16-21/h6-16,20H,5,17H2,1-4H3,(H,28,30). The van der Waals surface area contributed by atoms with Crippen LogP contribution in [0.5, 0.6) is 5.75 Å². The predicted molar refractivity (Wildman–Crippen MR) is 136 cm³/mol. The normalized spacial score (nSPS) is 12.1. The van der Waals surface area contributed by atoms with E-state index >= 15 is 0 Å². The van der Waals surface area contributed by atoms with Gasteiger partial charge in [-0.3, -0.25) is 9.10 Å². The zero-order valence-electron chi connectivity index (χ0n) is 19.7. The molecule has 0 aliphatic heterocycles. The zero-order valence-corrected chi connectivity index (χ0v) is 21.3. The van der Waals surface area contributed by atoms with Crippen molar-refractivity contribution in [3.8, 4) is 5.75 Å². The number of ether oxygens (including phenoxy) is 1. The van der Waals surface area contributed by atoms with Gasteiger partial charge < -0.3 is 10.1 Å². The van der Waals surface area contributed by atoms with Crippen molar-refractivity contribution in [1.29, 1.82) is 0 Å². The average Bonchev–Trinajstić information content (AvgIpc) is 2.80. The molecule has 34 heavy (non-hydrogen) atoms. The van der Waals surface area contributed by atoms with Crippen LogP contribution in [0.1, 0.15) is 36.6 Å². The van der Waals surface area contributed by atoms with Crippen molar-refractivity contribution >= 4 is 33.2 Å². The third kappa shape index (κ3) is 5.90. The summed E-state index contributed by atoms with van der Waals surface area (Å²) in [6, 6.07) is 18.3. The van der Waals surface area contributed by atoms with Crippen LogP contribution in [0.3, 0.4) is 0 Å². The van der Waals surface area contributed by atoms with Gasteiger partial charge >= 0.3 is 0 Å². The number of nitrogens with one attached hydrogen (secondary N) is 1. The van der Waals surface area contributed by atoms with Crippen molar-refractivity contribution < 1.29 is 17.9 Å². The number of carbonyl (C=O) groups excluding carboxylic acids is 1. The van der Waals surface area contributed by atoms with Gasteiger partial charge in [-0.15, -0.1) is 0 Å². The number of carbonyl (C=O) groups is 1. The van der Waals surface area contributed by atoms with Crippen LogP contribution in [0.4, 0.5) is 5.69 Å². The Balaban J connectivity index is 1.94. The van der Waals surface area contributed by atoms with Gasteiger partial charge in [-0.25, -0.2) is 8.42 Å². The van der Waals surface area contributed by atoms with E-state index in [9.17, 15) is 13.2 Å². The van der Waals surface area contributed by atoms with Crippen molar-refractivity contribution in [2.45, 2.75) is 38.6 Å². The molecule has 0 saturated heterocycles. The molecule has 180 valence electrons. The summed E-state index contributed by atoms with van der Waals surface area (Å²) in [6.45, 7) is 7.66. The summed E-state index contributed by atoms with van der Waals surface area (Å²) in [5, 5.41) is 3.34. The lowest BCUT2D eigenvalue weighted by molar-refractivity contribution is -0.120. The van der Waals surface area contributed by atoms with E-state index in [0.717, 1.165) is 21.0 Å². The predicted octanol–water partition coefficient (Wildman–Crippen LogP) is 5.43. The number of para-hydroxylation sites is 2. The van der Waals surface area contributed by atoms with Crippen LogP contribution in [0.2, 0.25) is 5.02 Å². The van der Waals surface area contributed by atoms with Crippen LogP contribution >= 0.6 is 11.6 Å². The summed E-state index contributed by atoms with van der Waals surface area (Å²) < 4.78 is 34.0. The molecular weight excluding hydrogens is 472 g/mol. The fourth-order valence-electron chi connectivity index (χ4n) is 3.51. The lowest BCUT2D eigenvalue weighted by Crippen LogP contribution is -2.41. The van der Waals surface area contributed by atoms with E-state index < -0.39 is 22.5 Å². The van der Waals surface area contributed by atoms with Gasteiger partial charge in [0.2, 0.25) is 5.91 Å². The van der Waals surface area contributed by atoms with Crippen LogP contribution in [0, 0.1) is 13.8 Å². The molecule has 0 fully saturated rings. The van der Waals surface area contributed by atoms with Gasteiger partial charge in [0.1, 0.15) is 12.3 Å². The maximum atomic E-state index is 13.6. The Labute approximate surface area is 206 Å². The smallest absolute Gasteiger partial charge is 0.264 e. The number of hydrogen-bond donors (Lipinski definition) is 1. The number of rotatable bonds is 9. The number of halogens is 1. The molecule has 0 aliphatic carbocycles. The van der Waals surface area contributed by atoms with Gasteiger partial charge in [0, 0.05) is 5.02 Å². The van der Waals surface area contributed by atoms with Crippen LogP contribution < -0.4 is 14.4 Å². The van der Waals surface area contributed by atoms with Crippen molar-refractivity contribution in [3.05, 3.63) is 88.4 Å². The molecule has 0 spiro atoms. The number of hydrogen-bond acceptors (Lipinski definition) is 4. The topological polar surface area (TPSA) is 75.7 Å². The molecule has 1 atom stereocenters. The Bertz CT molecular complexity index is 1260. The molecule has 8 heteroatoms. The highest BCUT2D eigenvalue weighted by atomic mass is 35.5. The number of anilines is 1. The molecule has 3 rings (SSSR count). The molecular formula is C26H29ClN2O4S. The van der Waals surface area contributed by atoms with E-state index in [2.05, 4.69) is 5.32 Å². The first-order valence-corrected chi connectivity index (χ1v) is 12.8. The van der Waals surface area contributed by atoms with Gasteiger partial charge in [0.25, 0.3) is 10.0 Å². The van der Waals surface area contributed by atoms with Crippen LogP contribution in [0.25, 0.3) is 0 Å². The van der Waals surface area contributed by atoms with Gasteiger partial charge in [-0.1, -0.05) is 41.9 Å². The lowest BCUT2D eigenvalue weighted by Gasteiger charge is -2.26. The summed E-state index contributed by atoms with van der Waals surface area (Å²) >= 11 is 5.95. The molecule has 0 bridgehead atoms. The first kappa shape index (κ1) is 25.6. The highest BCUT2D eigenvalue weighted by molar-refractivity contribution is 7.92. The molecule has 0 radical (unpaired) electrons. The molecule has 3 aromatic carbocycles. The van der Waals surface area contributed by atoms with E-state index in [4.69, 9.17) is 16.3 Å². The van der Waals surface area contributed by atoms with Gasteiger partial charge in [-0.2, -0.15) is 0 Å². The minimum atomic E-state index is -4.09. The third-order valence-corrected chi connectivity index (χ3v) is 7.56. The fraction of sp³-hybridized carbons (Fsp3) is 0.269.